The van der Waals surface area contributed by atoms with E-state index < -0.39 is 0 Å². The molecule has 135 valence electrons. The van der Waals surface area contributed by atoms with Gasteiger partial charge < -0.3 is 0 Å². The molecule has 1 radical (unpaired) electrons. The zero-order chi connectivity index (χ0) is 17.9. The Labute approximate surface area is 184 Å². The maximum absolute atomic E-state index is 2.23. The molecule has 3 rings (SSSR count). The van der Waals surface area contributed by atoms with E-state index >= 15 is 0 Å². The molecule has 0 spiro atoms. The molecule has 0 unspecified atom stereocenters. The van der Waals surface area contributed by atoms with Crippen molar-refractivity contribution in [2.45, 2.75) is 60.8 Å². The van der Waals surface area contributed by atoms with Gasteiger partial charge in [0.2, 0.25) is 0 Å². The molecule has 0 aromatic heterocycles. The van der Waals surface area contributed by atoms with Crippen molar-refractivity contribution < 1.29 is 35.6 Å². The van der Waals surface area contributed by atoms with E-state index in [-0.39, 0.29) is 35.6 Å². The Hall–Kier alpha value is -0.365. The molecular formula is C24H36La. The zero-order valence-electron chi connectivity index (χ0n) is 17.1. The first-order valence-corrected chi connectivity index (χ1v) is 9.48. The topological polar surface area (TPSA) is 0 Å². The van der Waals surface area contributed by atoms with Crippen LogP contribution >= 0.6 is 0 Å². The van der Waals surface area contributed by atoms with Crippen LogP contribution in [0, 0.1) is 53.4 Å². The minimum absolute atomic E-state index is 0. The molecule has 0 aliphatic heterocycles. The molecule has 25 heavy (non-hydrogen) atoms. The Bertz CT molecular complexity index is 468. The molecule has 1 heteroatoms. The van der Waals surface area contributed by atoms with Gasteiger partial charge in [-0.05, 0) is 37.0 Å². The van der Waals surface area contributed by atoms with Crippen molar-refractivity contribution >= 4 is 0 Å². The fourth-order valence-corrected chi connectivity index (χ4v) is 2.68. The van der Waals surface area contributed by atoms with Crippen LogP contribution in [0.25, 0.3) is 0 Å². The molecule has 0 nitrogen and oxygen atoms in total. The summed E-state index contributed by atoms with van der Waals surface area (Å²) in [5, 5.41) is 0. The minimum Gasteiger partial charge on any atom is -0.0805 e. The predicted octanol–water partition coefficient (Wildman–Crippen LogP) is 7.59. The van der Waals surface area contributed by atoms with Gasteiger partial charge in [-0.15, -0.1) is 0 Å². The van der Waals surface area contributed by atoms with Crippen LogP contribution in [0.1, 0.15) is 60.8 Å². The summed E-state index contributed by atoms with van der Waals surface area (Å²) in [6, 6.07) is 0. The Morgan fingerprint density at radius 2 is 0.760 bits per heavy atom. The van der Waals surface area contributed by atoms with Gasteiger partial charge in [-0.1, -0.05) is 113 Å². The number of allylic oxidation sites excluding steroid dienone is 12. The van der Waals surface area contributed by atoms with Gasteiger partial charge in [-0.3, -0.25) is 0 Å². The summed E-state index contributed by atoms with van der Waals surface area (Å²) in [7, 11) is 0. The van der Waals surface area contributed by atoms with Gasteiger partial charge in [-0.2, -0.15) is 0 Å². The monoisotopic (exact) mass is 463 g/mol. The fourth-order valence-electron chi connectivity index (χ4n) is 2.68. The van der Waals surface area contributed by atoms with E-state index in [9.17, 15) is 0 Å². The third-order valence-electron chi connectivity index (χ3n) is 4.62. The largest absolute Gasteiger partial charge is 0.0805 e. The van der Waals surface area contributed by atoms with Crippen LogP contribution < -0.4 is 0 Å². The van der Waals surface area contributed by atoms with Gasteiger partial charge >= 0.3 is 0 Å². The van der Waals surface area contributed by atoms with E-state index in [0.29, 0.717) is 0 Å². The van der Waals surface area contributed by atoms with Crippen LogP contribution in [-0.2, 0) is 0 Å². The smallest absolute Gasteiger partial charge is 0 e. The van der Waals surface area contributed by atoms with Crippen molar-refractivity contribution in [1.82, 2.24) is 0 Å². The van der Waals surface area contributed by atoms with Crippen LogP contribution in [0.4, 0.5) is 0 Å². The average Bonchev–Trinajstić information content (AvgIpc) is 3.29. The van der Waals surface area contributed by atoms with Crippen molar-refractivity contribution in [2.75, 3.05) is 0 Å². The Morgan fingerprint density at radius 3 is 0.840 bits per heavy atom. The summed E-state index contributed by atoms with van der Waals surface area (Å²) in [4.78, 5) is 0. The molecule has 3 aliphatic carbocycles. The Morgan fingerprint density at radius 1 is 0.520 bits per heavy atom. The first-order valence-electron chi connectivity index (χ1n) is 9.48. The van der Waals surface area contributed by atoms with Gasteiger partial charge in [0.25, 0.3) is 0 Å². The van der Waals surface area contributed by atoms with E-state index in [4.69, 9.17) is 0 Å². The predicted molar refractivity (Wildman–Crippen MR) is 110 cm³/mol. The number of hydrogen-bond donors (Lipinski definition) is 0. The summed E-state index contributed by atoms with van der Waals surface area (Å²) in [6.45, 7) is 13.4. The van der Waals surface area contributed by atoms with Crippen LogP contribution in [0.5, 0.6) is 0 Å². The van der Waals surface area contributed by atoms with E-state index in [1.165, 1.54) is 19.3 Å². The van der Waals surface area contributed by atoms with Crippen LogP contribution in [0.3, 0.4) is 0 Å². The van der Waals surface area contributed by atoms with Gasteiger partial charge in [0, 0.05) is 35.6 Å². The molecule has 0 N–H and O–H groups in total. The van der Waals surface area contributed by atoms with Gasteiger partial charge in [0.1, 0.15) is 0 Å². The maximum atomic E-state index is 2.23. The molecule has 0 saturated carbocycles. The van der Waals surface area contributed by atoms with Crippen LogP contribution in [-0.4, -0.2) is 0 Å². The SMILES string of the molecule is CC(C)C1=CC=CC1.CC(C)C1=CC=CC1.CC(C)C1=CC=CC1.[La]. The maximum Gasteiger partial charge on any atom is 0 e. The average molecular weight is 463 g/mol. The molecule has 0 aromatic rings. The zero-order valence-corrected chi connectivity index (χ0v) is 20.8. The third kappa shape index (κ3) is 10.4. The fraction of sp³-hybridized carbons (Fsp3) is 0.500. The van der Waals surface area contributed by atoms with Gasteiger partial charge in [-0.25, -0.2) is 0 Å². The minimum atomic E-state index is 0. The Balaban J connectivity index is 0.000000339. The summed E-state index contributed by atoms with van der Waals surface area (Å²) in [5.41, 5.74) is 4.68. The second kappa shape index (κ2) is 13.8. The van der Waals surface area contributed by atoms with Gasteiger partial charge in [0.05, 0.1) is 0 Å². The quantitative estimate of drug-likeness (QED) is 0.405. The Kier molecular flexibility index (Phi) is 13.6. The first-order chi connectivity index (χ1) is 11.4. The second-order valence-electron chi connectivity index (χ2n) is 7.59. The van der Waals surface area contributed by atoms with Crippen LogP contribution in [0.2, 0.25) is 0 Å². The first kappa shape index (κ1) is 24.6. The van der Waals surface area contributed by atoms with Crippen molar-refractivity contribution in [2.24, 2.45) is 17.8 Å². The summed E-state index contributed by atoms with van der Waals surface area (Å²) in [5.74, 6) is 2.22. The van der Waals surface area contributed by atoms with E-state index in [1.54, 1.807) is 16.7 Å². The number of hydrogen-bond acceptors (Lipinski definition) is 0. The van der Waals surface area contributed by atoms with Crippen molar-refractivity contribution in [3.05, 3.63) is 71.4 Å². The molecule has 0 heterocycles. The summed E-state index contributed by atoms with van der Waals surface area (Å²) >= 11 is 0. The van der Waals surface area contributed by atoms with Crippen molar-refractivity contribution in [3.8, 4) is 0 Å². The van der Waals surface area contributed by atoms with Crippen LogP contribution in [0.15, 0.2) is 71.4 Å². The van der Waals surface area contributed by atoms with E-state index in [2.05, 4.69) is 96.2 Å². The molecular weight excluding hydrogens is 427 g/mol. The third-order valence-corrected chi connectivity index (χ3v) is 4.62. The molecule has 0 bridgehead atoms. The molecule has 3 aliphatic rings. The molecule has 0 fully saturated rings. The number of rotatable bonds is 3. The van der Waals surface area contributed by atoms with Crippen molar-refractivity contribution in [3.63, 3.8) is 0 Å². The van der Waals surface area contributed by atoms with Gasteiger partial charge in [0.15, 0.2) is 0 Å². The van der Waals surface area contributed by atoms with E-state index in [0.717, 1.165) is 17.8 Å². The standard InChI is InChI=1S/3C8H12.La/c3*1-7(2)8-5-3-4-6-8;/h3*3-5,7H,6H2,1-2H3;. The molecule has 0 amide bonds. The normalized spacial score (nSPS) is 16.9. The molecule has 0 saturated heterocycles. The van der Waals surface area contributed by atoms with Crippen molar-refractivity contribution in [1.29, 1.82) is 0 Å². The molecule has 0 aromatic carbocycles. The van der Waals surface area contributed by atoms with E-state index in [1.807, 2.05) is 0 Å². The summed E-state index contributed by atoms with van der Waals surface area (Å²) < 4.78 is 0. The second-order valence-corrected chi connectivity index (χ2v) is 7.59. The molecule has 0 atom stereocenters. The summed E-state index contributed by atoms with van der Waals surface area (Å²) in [6.07, 6.45) is 23.2.